The molecule has 162 valence electrons. The lowest BCUT2D eigenvalue weighted by atomic mass is 9.86. The fourth-order valence-electron chi connectivity index (χ4n) is 5.16. The summed E-state index contributed by atoms with van der Waals surface area (Å²) in [5.74, 6) is 1.83. The summed E-state index contributed by atoms with van der Waals surface area (Å²) in [7, 11) is 0. The predicted molar refractivity (Wildman–Crippen MR) is 111 cm³/mol. The van der Waals surface area contributed by atoms with Gasteiger partial charge >= 0.3 is 6.18 Å². The van der Waals surface area contributed by atoms with Crippen molar-refractivity contribution in [1.82, 2.24) is 15.5 Å². The van der Waals surface area contributed by atoms with E-state index in [0.29, 0.717) is 11.8 Å². The number of alkyl halides is 3. The van der Waals surface area contributed by atoms with E-state index in [9.17, 15) is 13.2 Å². The molecule has 7 heteroatoms. The fourth-order valence-corrected chi connectivity index (χ4v) is 5.16. The average Bonchev–Trinajstić information content (AvgIpc) is 3.49. The molecule has 2 aliphatic heterocycles. The zero-order valence-corrected chi connectivity index (χ0v) is 17.1. The zero-order valence-electron chi connectivity index (χ0n) is 17.1. The van der Waals surface area contributed by atoms with Crippen molar-refractivity contribution in [3.8, 4) is 0 Å². The third-order valence-electron chi connectivity index (χ3n) is 6.86. The third kappa shape index (κ3) is 3.96. The van der Waals surface area contributed by atoms with E-state index < -0.39 is 17.9 Å². The van der Waals surface area contributed by atoms with Crippen molar-refractivity contribution in [2.75, 3.05) is 13.1 Å². The first-order valence-electron chi connectivity index (χ1n) is 11.2. The first-order chi connectivity index (χ1) is 14.5. The Hall–Kier alpha value is -2.02. The zero-order chi connectivity index (χ0) is 20.7. The molecule has 1 aromatic carbocycles. The standard InChI is InChI=1S/C23H29F3N4/c24-23(25,26)18-9-5-4-8-17(18)21-28-19(15-6-2-1-3-7-15)14-20(29-21)30-13-12-27-22(30)16-10-11-16/h4-5,8-9,14-16,21-22,27-28H,1-3,6-7,10-13H2. The molecule has 2 aliphatic carbocycles. The third-order valence-corrected chi connectivity index (χ3v) is 6.86. The highest BCUT2D eigenvalue weighted by atomic mass is 19.4. The molecule has 30 heavy (non-hydrogen) atoms. The Bertz CT molecular complexity index is 837. The lowest BCUT2D eigenvalue weighted by Crippen LogP contribution is -2.44. The smallest absolute Gasteiger partial charge is 0.363 e. The molecule has 0 radical (unpaired) electrons. The minimum atomic E-state index is -4.40. The van der Waals surface area contributed by atoms with Gasteiger partial charge in [0.2, 0.25) is 0 Å². The molecule has 0 aromatic heterocycles. The van der Waals surface area contributed by atoms with Crippen molar-refractivity contribution in [2.45, 2.75) is 63.5 Å². The summed E-state index contributed by atoms with van der Waals surface area (Å²) in [4.78, 5) is 7.11. The summed E-state index contributed by atoms with van der Waals surface area (Å²) < 4.78 is 41.2. The van der Waals surface area contributed by atoms with E-state index in [4.69, 9.17) is 4.99 Å². The molecule has 0 spiro atoms. The SMILES string of the molecule is FC(F)(F)c1ccccc1C1N=C(N2CCNC2C2CC2)C=C(C2CCCCC2)N1. The van der Waals surface area contributed by atoms with Gasteiger partial charge in [-0.1, -0.05) is 37.5 Å². The first-order valence-corrected chi connectivity index (χ1v) is 11.2. The molecule has 2 heterocycles. The van der Waals surface area contributed by atoms with Crippen LogP contribution in [0.25, 0.3) is 0 Å². The van der Waals surface area contributed by atoms with E-state index in [0.717, 1.165) is 43.5 Å². The molecule has 2 N–H and O–H groups in total. The second kappa shape index (κ2) is 7.91. The number of aliphatic imine (C=N–C) groups is 1. The van der Waals surface area contributed by atoms with Gasteiger partial charge in [-0.3, -0.25) is 5.32 Å². The number of nitrogens with zero attached hydrogens (tertiary/aromatic N) is 2. The fraction of sp³-hybridized carbons (Fsp3) is 0.609. The molecule has 2 atom stereocenters. The van der Waals surface area contributed by atoms with Gasteiger partial charge in [-0.25, -0.2) is 4.99 Å². The molecule has 0 amide bonds. The number of amidine groups is 1. The number of rotatable bonds is 3. The molecule has 4 nitrogen and oxygen atoms in total. The maximum atomic E-state index is 13.7. The number of nitrogens with one attached hydrogen (secondary N) is 2. The van der Waals surface area contributed by atoms with Gasteiger partial charge in [-0.15, -0.1) is 0 Å². The van der Waals surface area contributed by atoms with Crippen LogP contribution < -0.4 is 10.6 Å². The second-order valence-electron chi connectivity index (χ2n) is 8.98. The Kier molecular flexibility index (Phi) is 5.25. The van der Waals surface area contributed by atoms with Crippen LogP contribution in [0, 0.1) is 11.8 Å². The van der Waals surface area contributed by atoms with Crippen molar-refractivity contribution in [2.24, 2.45) is 16.8 Å². The minimum Gasteiger partial charge on any atom is -0.363 e. The van der Waals surface area contributed by atoms with E-state index in [1.807, 2.05) is 0 Å². The van der Waals surface area contributed by atoms with E-state index in [1.54, 1.807) is 12.1 Å². The number of benzene rings is 1. The van der Waals surface area contributed by atoms with Crippen LogP contribution in [-0.2, 0) is 6.18 Å². The van der Waals surface area contributed by atoms with E-state index >= 15 is 0 Å². The largest absolute Gasteiger partial charge is 0.416 e. The van der Waals surface area contributed by atoms with Crippen molar-refractivity contribution in [3.63, 3.8) is 0 Å². The summed E-state index contributed by atoms with van der Waals surface area (Å²) in [6.45, 7) is 1.74. The number of allylic oxidation sites excluding steroid dienone is 1. The molecule has 4 aliphatic rings. The topological polar surface area (TPSA) is 39.7 Å². The van der Waals surface area contributed by atoms with Crippen molar-refractivity contribution in [1.29, 1.82) is 0 Å². The Morgan fingerprint density at radius 3 is 2.50 bits per heavy atom. The Labute approximate surface area is 175 Å². The Morgan fingerprint density at radius 2 is 1.77 bits per heavy atom. The van der Waals surface area contributed by atoms with Gasteiger partial charge in [0.25, 0.3) is 0 Å². The maximum Gasteiger partial charge on any atom is 0.416 e. The molecule has 0 bridgehead atoms. The number of hydrogen-bond donors (Lipinski definition) is 2. The van der Waals surface area contributed by atoms with Crippen molar-refractivity contribution in [3.05, 3.63) is 47.2 Å². The molecule has 3 fully saturated rings. The molecular formula is C23H29F3N4. The van der Waals surface area contributed by atoms with Gasteiger partial charge in [-0.2, -0.15) is 13.2 Å². The van der Waals surface area contributed by atoms with E-state index in [-0.39, 0.29) is 11.7 Å². The lowest BCUT2D eigenvalue weighted by Gasteiger charge is -2.35. The summed E-state index contributed by atoms with van der Waals surface area (Å²) in [5.41, 5.74) is 0.663. The van der Waals surface area contributed by atoms with Gasteiger partial charge in [0.15, 0.2) is 0 Å². The average molecular weight is 419 g/mol. The van der Waals surface area contributed by atoms with Crippen LogP contribution in [0.3, 0.4) is 0 Å². The quantitative estimate of drug-likeness (QED) is 0.740. The first kappa shape index (κ1) is 19.9. The molecular weight excluding hydrogens is 389 g/mol. The number of hydrogen-bond acceptors (Lipinski definition) is 4. The molecule has 1 aromatic rings. The van der Waals surface area contributed by atoms with E-state index in [1.165, 1.54) is 38.2 Å². The van der Waals surface area contributed by atoms with Gasteiger partial charge in [-0.05, 0) is 49.7 Å². The highest BCUT2D eigenvalue weighted by Crippen LogP contribution is 2.40. The lowest BCUT2D eigenvalue weighted by molar-refractivity contribution is -0.138. The summed E-state index contributed by atoms with van der Waals surface area (Å²) in [5, 5.41) is 6.96. The van der Waals surface area contributed by atoms with Crippen molar-refractivity contribution < 1.29 is 13.2 Å². The summed E-state index contributed by atoms with van der Waals surface area (Å²) >= 11 is 0. The Balaban J connectivity index is 1.52. The second-order valence-corrected chi connectivity index (χ2v) is 8.98. The van der Waals surface area contributed by atoms with Gasteiger partial charge in [0.1, 0.15) is 12.0 Å². The summed E-state index contributed by atoms with van der Waals surface area (Å²) in [6, 6.07) is 5.84. The molecule has 1 saturated heterocycles. The van der Waals surface area contributed by atoms with Crippen LogP contribution >= 0.6 is 0 Å². The maximum absolute atomic E-state index is 13.7. The minimum absolute atomic E-state index is 0.207. The van der Waals surface area contributed by atoms with Crippen LogP contribution in [0.1, 0.15) is 62.2 Å². The van der Waals surface area contributed by atoms with Crippen LogP contribution in [0.4, 0.5) is 13.2 Å². The van der Waals surface area contributed by atoms with Crippen molar-refractivity contribution >= 4 is 5.84 Å². The van der Waals surface area contributed by atoms with Crippen LogP contribution in [0.5, 0.6) is 0 Å². The molecule has 5 rings (SSSR count). The van der Waals surface area contributed by atoms with E-state index in [2.05, 4.69) is 21.6 Å². The van der Waals surface area contributed by atoms with Crippen LogP contribution in [-0.4, -0.2) is 30.0 Å². The molecule has 2 saturated carbocycles. The number of halogens is 3. The molecule has 2 unspecified atom stereocenters. The highest BCUT2D eigenvalue weighted by molar-refractivity contribution is 5.95. The normalized spacial score (nSPS) is 28.2. The van der Waals surface area contributed by atoms with Crippen LogP contribution in [0.15, 0.2) is 41.0 Å². The highest BCUT2D eigenvalue weighted by Gasteiger charge is 2.41. The van der Waals surface area contributed by atoms with Gasteiger partial charge in [0, 0.05) is 24.4 Å². The van der Waals surface area contributed by atoms with Gasteiger partial charge < -0.3 is 10.2 Å². The Morgan fingerprint density at radius 1 is 1.00 bits per heavy atom. The predicted octanol–water partition coefficient (Wildman–Crippen LogP) is 4.81. The van der Waals surface area contributed by atoms with Crippen LogP contribution in [0.2, 0.25) is 0 Å². The summed E-state index contributed by atoms with van der Waals surface area (Å²) in [6.07, 6.45) is 5.45. The van der Waals surface area contributed by atoms with Gasteiger partial charge in [0.05, 0.1) is 11.7 Å². The monoisotopic (exact) mass is 418 g/mol.